The van der Waals surface area contributed by atoms with Crippen molar-refractivity contribution >= 4 is 29.2 Å². The van der Waals surface area contributed by atoms with Crippen molar-refractivity contribution in [2.75, 3.05) is 5.73 Å². The van der Waals surface area contributed by atoms with E-state index in [1.807, 2.05) is 18.2 Å². The van der Waals surface area contributed by atoms with Crippen LogP contribution in [0.3, 0.4) is 0 Å². The van der Waals surface area contributed by atoms with Gasteiger partial charge in [-0.05, 0) is 48.5 Å². The molecule has 25 heavy (non-hydrogen) atoms. The SMILES string of the molecule is Nc1cnnc2cc(-c3cc(B(O)O)ccc3OC3CCC3)ccc12. The van der Waals surface area contributed by atoms with Crippen molar-refractivity contribution in [3.8, 4) is 16.9 Å². The third kappa shape index (κ3) is 3.04. The first-order valence-corrected chi connectivity index (χ1v) is 8.30. The molecule has 1 fully saturated rings. The highest BCUT2D eigenvalue weighted by atomic mass is 16.5. The van der Waals surface area contributed by atoms with Crippen molar-refractivity contribution in [2.45, 2.75) is 25.4 Å². The highest BCUT2D eigenvalue weighted by Gasteiger charge is 2.22. The Labute approximate surface area is 145 Å². The Balaban J connectivity index is 1.82. The molecule has 0 radical (unpaired) electrons. The number of fused-ring (bicyclic) bond motifs is 1. The average molecular weight is 335 g/mol. The Morgan fingerprint density at radius 2 is 1.96 bits per heavy atom. The number of nitrogen functional groups attached to an aromatic ring is 1. The second-order valence-corrected chi connectivity index (χ2v) is 6.33. The van der Waals surface area contributed by atoms with E-state index in [0.717, 1.165) is 35.1 Å². The Kier molecular flexibility index (Phi) is 4.03. The number of nitrogens with two attached hydrogens (primary N) is 1. The molecule has 1 saturated carbocycles. The van der Waals surface area contributed by atoms with Gasteiger partial charge in [-0.15, -0.1) is 0 Å². The molecule has 0 bridgehead atoms. The summed E-state index contributed by atoms with van der Waals surface area (Å²) < 4.78 is 6.08. The molecule has 0 spiro atoms. The molecular weight excluding hydrogens is 317 g/mol. The van der Waals surface area contributed by atoms with Crippen LogP contribution in [0.4, 0.5) is 5.69 Å². The van der Waals surface area contributed by atoms with Gasteiger partial charge in [-0.1, -0.05) is 18.2 Å². The lowest BCUT2D eigenvalue weighted by Crippen LogP contribution is -2.30. The summed E-state index contributed by atoms with van der Waals surface area (Å²) in [5.74, 6) is 0.727. The number of hydrogen-bond donors (Lipinski definition) is 3. The summed E-state index contributed by atoms with van der Waals surface area (Å²) in [6, 6.07) is 10.9. The molecule has 4 N–H and O–H groups in total. The predicted octanol–water partition coefficient (Wildman–Crippen LogP) is 1.49. The number of aromatic nitrogens is 2. The summed E-state index contributed by atoms with van der Waals surface area (Å²) in [5.41, 5.74) is 9.26. The minimum Gasteiger partial charge on any atom is -0.490 e. The second kappa shape index (κ2) is 6.35. The molecule has 6 nitrogen and oxygen atoms in total. The minimum atomic E-state index is -1.53. The van der Waals surface area contributed by atoms with Crippen molar-refractivity contribution < 1.29 is 14.8 Å². The summed E-state index contributed by atoms with van der Waals surface area (Å²) in [6.07, 6.45) is 5.01. The van der Waals surface area contributed by atoms with Gasteiger partial charge in [0.25, 0.3) is 0 Å². The van der Waals surface area contributed by atoms with Crippen LogP contribution >= 0.6 is 0 Å². The van der Waals surface area contributed by atoms with Gasteiger partial charge in [0.05, 0.1) is 23.5 Å². The van der Waals surface area contributed by atoms with Crippen LogP contribution in [0.15, 0.2) is 42.6 Å². The van der Waals surface area contributed by atoms with E-state index in [-0.39, 0.29) is 6.10 Å². The van der Waals surface area contributed by atoms with Crippen molar-refractivity contribution in [3.63, 3.8) is 0 Å². The standard InChI is InChI=1S/C18H18BN3O3/c20-16-10-21-22-17-8-11(4-6-14(16)17)15-9-12(19(23)24)5-7-18(15)25-13-2-1-3-13/h4-10,13,23-24H,1-3H2,(H2,20,22). The minimum absolute atomic E-state index is 0.222. The van der Waals surface area contributed by atoms with Crippen LogP contribution in [0.5, 0.6) is 5.75 Å². The van der Waals surface area contributed by atoms with E-state index in [2.05, 4.69) is 10.2 Å². The quantitative estimate of drug-likeness (QED) is 0.625. The molecule has 2 aromatic carbocycles. The van der Waals surface area contributed by atoms with E-state index in [9.17, 15) is 10.0 Å². The predicted molar refractivity (Wildman–Crippen MR) is 97.5 cm³/mol. The highest BCUT2D eigenvalue weighted by molar-refractivity contribution is 6.58. The summed E-state index contributed by atoms with van der Waals surface area (Å²) >= 11 is 0. The van der Waals surface area contributed by atoms with Gasteiger partial charge in [0.2, 0.25) is 0 Å². The maximum absolute atomic E-state index is 9.51. The lowest BCUT2D eigenvalue weighted by molar-refractivity contribution is 0.121. The molecule has 0 atom stereocenters. The van der Waals surface area contributed by atoms with Crippen molar-refractivity contribution in [1.29, 1.82) is 0 Å². The Bertz CT molecular complexity index is 929. The fourth-order valence-corrected chi connectivity index (χ4v) is 2.95. The van der Waals surface area contributed by atoms with Gasteiger partial charge in [-0.2, -0.15) is 10.2 Å². The number of hydrogen-bond acceptors (Lipinski definition) is 6. The maximum atomic E-state index is 9.51. The zero-order chi connectivity index (χ0) is 17.4. The number of ether oxygens (including phenoxy) is 1. The zero-order valence-corrected chi connectivity index (χ0v) is 13.6. The average Bonchev–Trinajstić information content (AvgIpc) is 2.58. The molecule has 1 aromatic heterocycles. The summed E-state index contributed by atoms with van der Waals surface area (Å²) in [4.78, 5) is 0. The fourth-order valence-electron chi connectivity index (χ4n) is 2.95. The van der Waals surface area contributed by atoms with Crippen LogP contribution in [-0.2, 0) is 0 Å². The molecule has 0 aliphatic heterocycles. The molecule has 0 saturated heterocycles. The van der Waals surface area contributed by atoms with Crippen LogP contribution in [-0.4, -0.2) is 33.5 Å². The van der Waals surface area contributed by atoms with Crippen molar-refractivity contribution in [1.82, 2.24) is 10.2 Å². The van der Waals surface area contributed by atoms with Gasteiger partial charge < -0.3 is 20.5 Å². The Morgan fingerprint density at radius 1 is 1.12 bits per heavy atom. The van der Waals surface area contributed by atoms with E-state index in [4.69, 9.17) is 10.5 Å². The topological polar surface area (TPSA) is 101 Å². The summed E-state index contributed by atoms with van der Waals surface area (Å²) in [6.45, 7) is 0. The molecule has 1 heterocycles. The lowest BCUT2D eigenvalue weighted by Gasteiger charge is -2.27. The van der Waals surface area contributed by atoms with Crippen LogP contribution in [0.25, 0.3) is 22.0 Å². The van der Waals surface area contributed by atoms with Crippen LogP contribution < -0.4 is 15.9 Å². The summed E-state index contributed by atoms with van der Waals surface area (Å²) in [7, 11) is -1.53. The molecule has 1 aliphatic carbocycles. The molecule has 0 amide bonds. The van der Waals surface area contributed by atoms with Gasteiger partial charge in [-0.25, -0.2) is 0 Å². The van der Waals surface area contributed by atoms with E-state index in [0.29, 0.717) is 16.7 Å². The first-order chi connectivity index (χ1) is 12.1. The first-order valence-electron chi connectivity index (χ1n) is 8.30. The van der Waals surface area contributed by atoms with Crippen LogP contribution in [0, 0.1) is 0 Å². The third-order valence-electron chi connectivity index (χ3n) is 4.63. The van der Waals surface area contributed by atoms with Gasteiger partial charge in [0.15, 0.2) is 0 Å². The fraction of sp³-hybridized carbons (Fsp3) is 0.222. The van der Waals surface area contributed by atoms with Gasteiger partial charge >= 0.3 is 7.12 Å². The van der Waals surface area contributed by atoms with Crippen molar-refractivity contribution in [3.05, 3.63) is 42.6 Å². The molecule has 3 aromatic rings. The number of rotatable bonds is 4. The Hall–Kier alpha value is -2.64. The van der Waals surface area contributed by atoms with E-state index in [1.165, 1.54) is 12.6 Å². The van der Waals surface area contributed by atoms with Gasteiger partial charge in [-0.3, -0.25) is 0 Å². The Morgan fingerprint density at radius 3 is 2.68 bits per heavy atom. The maximum Gasteiger partial charge on any atom is 0.488 e. The van der Waals surface area contributed by atoms with E-state index < -0.39 is 7.12 Å². The molecular formula is C18H18BN3O3. The largest absolute Gasteiger partial charge is 0.490 e. The smallest absolute Gasteiger partial charge is 0.488 e. The zero-order valence-electron chi connectivity index (χ0n) is 13.6. The third-order valence-corrected chi connectivity index (χ3v) is 4.63. The monoisotopic (exact) mass is 335 g/mol. The molecule has 7 heteroatoms. The molecule has 0 unspecified atom stereocenters. The summed E-state index contributed by atoms with van der Waals surface area (Å²) in [5, 5.41) is 27.9. The van der Waals surface area contributed by atoms with E-state index in [1.54, 1.807) is 18.2 Å². The molecule has 4 rings (SSSR count). The highest BCUT2D eigenvalue weighted by Crippen LogP contribution is 2.34. The van der Waals surface area contributed by atoms with Crippen LogP contribution in [0.1, 0.15) is 19.3 Å². The molecule has 1 aliphatic rings. The second-order valence-electron chi connectivity index (χ2n) is 6.33. The number of benzene rings is 2. The van der Waals surface area contributed by atoms with Crippen LogP contribution in [0.2, 0.25) is 0 Å². The molecule has 126 valence electrons. The lowest BCUT2D eigenvalue weighted by atomic mass is 9.79. The van der Waals surface area contributed by atoms with E-state index >= 15 is 0 Å². The number of nitrogens with zero attached hydrogens (tertiary/aromatic N) is 2. The van der Waals surface area contributed by atoms with Crippen molar-refractivity contribution in [2.24, 2.45) is 0 Å². The first kappa shape index (κ1) is 15.9. The normalized spacial score (nSPS) is 14.3. The van der Waals surface area contributed by atoms with Gasteiger partial charge in [0, 0.05) is 10.9 Å². The van der Waals surface area contributed by atoms with Gasteiger partial charge in [0.1, 0.15) is 5.75 Å². The number of anilines is 1.